The highest BCUT2D eigenvalue weighted by Crippen LogP contribution is 2.24. The number of para-hydroxylation sites is 2. The van der Waals surface area contributed by atoms with E-state index in [1.165, 1.54) is 0 Å². The molecule has 0 amide bonds. The fourth-order valence-corrected chi connectivity index (χ4v) is 4.30. The summed E-state index contributed by atoms with van der Waals surface area (Å²) in [5.74, 6) is 1.42. The van der Waals surface area contributed by atoms with Crippen molar-refractivity contribution < 1.29 is 13.2 Å². The molecule has 0 radical (unpaired) electrons. The first-order valence-corrected chi connectivity index (χ1v) is 11.1. The zero-order valence-electron chi connectivity index (χ0n) is 16.5. The molecule has 30 heavy (non-hydrogen) atoms. The van der Waals surface area contributed by atoms with Crippen LogP contribution >= 0.6 is 0 Å². The molecule has 0 aliphatic carbocycles. The zero-order valence-corrected chi connectivity index (χ0v) is 17.3. The fraction of sp³-hybridized carbons (Fsp3) is 0.182. The number of nitrogens with one attached hydrogen (secondary N) is 1. The van der Waals surface area contributed by atoms with Crippen molar-refractivity contribution >= 4 is 21.1 Å². The Balaban J connectivity index is 1.55. The van der Waals surface area contributed by atoms with Crippen LogP contribution in [-0.4, -0.2) is 36.1 Å². The van der Waals surface area contributed by atoms with Gasteiger partial charge in [0.05, 0.1) is 22.5 Å². The van der Waals surface area contributed by atoms with Crippen molar-refractivity contribution in [2.24, 2.45) is 0 Å². The number of nitrogens with zero attached hydrogens (tertiary/aromatic N) is 3. The molecule has 0 saturated heterocycles. The minimum absolute atomic E-state index is 0.204. The van der Waals surface area contributed by atoms with Crippen LogP contribution in [0.3, 0.4) is 0 Å². The third kappa shape index (κ3) is 4.19. The van der Waals surface area contributed by atoms with Crippen molar-refractivity contribution in [1.29, 1.82) is 0 Å². The summed E-state index contributed by atoms with van der Waals surface area (Å²) in [5, 5.41) is 0. The molecule has 0 bridgehead atoms. The van der Waals surface area contributed by atoms with Gasteiger partial charge in [-0.25, -0.2) is 18.1 Å². The first-order valence-electron chi connectivity index (χ1n) is 9.66. The summed E-state index contributed by atoms with van der Waals surface area (Å²) >= 11 is 0. The van der Waals surface area contributed by atoms with Crippen LogP contribution in [0.4, 0.5) is 0 Å². The fourth-order valence-electron chi connectivity index (χ4n) is 3.28. The van der Waals surface area contributed by atoms with E-state index in [2.05, 4.69) is 9.71 Å². The first kappa shape index (κ1) is 20.1. The molecule has 0 atom stereocenters. The van der Waals surface area contributed by atoms with E-state index >= 15 is 0 Å². The molecule has 0 unspecified atom stereocenters. The number of ether oxygens (including phenoxy) is 1. The molecule has 0 fully saturated rings. The topological polar surface area (TPSA) is 86.1 Å². The largest absolute Gasteiger partial charge is 0.494 e. The van der Waals surface area contributed by atoms with Crippen molar-refractivity contribution in [2.75, 3.05) is 13.2 Å². The van der Waals surface area contributed by atoms with Crippen LogP contribution in [0.15, 0.2) is 78.0 Å². The first-order chi connectivity index (χ1) is 14.6. The predicted octanol–water partition coefficient (Wildman–Crippen LogP) is 3.48. The van der Waals surface area contributed by atoms with Crippen molar-refractivity contribution in [1.82, 2.24) is 19.3 Å². The van der Waals surface area contributed by atoms with Crippen molar-refractivity contribution in [2.45, 2.75) is 18.4 Å². The van der Waals surface area contributed by atoms with Gasteiger partial charge < -0.3 is 9.30 Å². The number of rotatable bonds is 8. The van der Waals surface area contributed by atoms with Gasteiger partial charge in [-0.3, -0.25) is 4.98 Å². The Labute approximate surface area is 175 Å². The summed E-state index contributed by atoms with van der Waals surface area (Å²) in [4.78, 5) is 8.99. The van der Waals surface area contributed by atoms with E-state index in [1.807, 2.05) is 47.9 Å². The van der Waals surface area contributed by atoms with E-state index < -0.39 is 10.0 Å². The molecular formula is C22H22N4O3S. The molecule has 7 nitrogen and oxygen atoms in total. The molecule has 0 saturated carbocycles. The maximum atomic E-state index is 12.7. The molecule has 2 aromatic heterocycles. The number of hydrogen-bond acceptors (Lipinski definition) is 5. The van der Waals surface area contributed by atoms with Gasteiger partial charge in [-0.05, 0) is 55.5 Å². The van der Waals surface area contributed by atoms with Crippen LogP contribution in [0.5, 0.6) is 5.75 Å². The maximum absolute atomic E-state index is 12.7. The second-order valence-corrected chi connectivity index (χ2v) is 8.38. The molecule has 0 spiro atoms. The van der Waals surface area contributed by atoms with Crippen LogP contribution < -0.4 is 9.46 Å². The Hall–Kier alpha value is -3.23. The van der Waals surface area contributed by atoms with Gasteiger partial charge in [0, 0.05) is 31.0 Å². The van der Waals surface area contributed by atoms with Gasteiger partial charge in [0.2, 0.25) is 10.0 Å². The Morgan fingerprint density at radius 2 is 1.73 bits per heavy atom. The van der Waals surface area contributed by atoms with Crippen molar-refractivity contribution in [3.05, 3.63) is 73.1 Å². The smallest absolute Gasteiger partial charge is 0.240 e. The highest BCUT2D eigenvalue weighted by Gasteiger charge is 2.16. The summed E-state index contributed by atoms with van der Waals surface area (Å²) in [6.45, 7) is 3.08. The number of fused-ring (bicyclic) bond motifs is 1. The Morgan fingerprint density at radius 1 is 1.00 bits per heavy atom. The van der Waals surface area contributed by atoms with E-state index in [1.54, 1.807) is 36.7 Å². The minimum atomic E-state index is -3.63. The van der Waals surface area contributed by atoms with Gasteiger partial charge in [-0.1, -0.05) is 12.1 Å². The van der Waals surface area contributed by atoms with Crippen LogP contribution in [0.2, 0.25) is 0 Å². The standard InChI is InChI=1S/C22H22N4O3S/c1-2-29-18-7-9-19(10-8-18)30(27,28)24-15-16-26-21-6-4-3-5-20(21)25-22(26)17-11-13-23-14-12-17/h3-14,24H,2,15-16H2,1H3. The normalized spacial score (nSPS) is 11.6. The molecule has 2 heterocycles. The van der Waals surface area contributed by atoms with E-state index in [0.29, 0.717) is 18.9 Å². The summed E-state index contributed by atoms with van der Waals surface area (Å²) in [6, 6.07) is 18.0. The monoisotopic (exact) mass is 422 g/mol. The number of imidazole rings is 1. The zero-order chi connectivity index (χ0) is 21.0. The van der Waals surface area contributed by atoms with Crippen LogP contribution in [-0.2, 0) is 16.6 Å². The molecular weight excluding hydrogens is 400 g/mol. The van der Waals surface area contributed by atoms with Gasteiger partial charge in [-0.2, -0.15) is 0 Å². The van der Waals surface area contributed by atoms with Gasteiger partial charge in [0.15, 0.2) is 0 Å². The van der Waals surface area contributed by atoms with Gasteiger partial charge in [-0.15, -0.1) is 0 Å². The Morgan fingerprint density at radius 3 is 2.47 bits per heavy atom. The number of hydrogen-bond donors (Lipinski definition) is 1. The van der Waals surface area contributed by atoms with Gasteiger partial charge in [0.1, 0.15) is 11.6 Å². The van der Waals surface area contributed by atoms with E-state index in [4.69, 9.17) is 9.72 Å². The Bertz CT molecular complexity index is 1240. The second kappa shape index (κ2) is 8.64. The van der Waals surface area contributed by atoms with E-state index in [9.17, 15) is 8.42 Å². The molecule has 4 rings (SSSR count). The number of aromatic nitrogens is 3. The number of pyridine rings is 1. The minimum Gasteiger partial charge on any atom is -0.494 e. The molecule has 2 aromatic carbocycles. The maximum Gasteiger partial charge on any atom is 0.240 e. The van der Waals surface area contributed by atoms with Gasteiger partial charge >= 0.3 is 0 Å². The van der Waals surface area contributed by atoms with Crippen LogP contribution in [0.25, 0.3) is 22.4 Å². The summed E-state index contributed by atoms with van der Waals surface area (Å²) < 4.78 is 35.4. The average Bonchev–Trinajstić information content (AvgIpc) is 3.14. The molecule has 4 aromatic rings. The summed E-state index contributed by atoms with van der Waals surface area (Å²) in [6.07, 6.45) is 3.43. The Kier molecular flexibility index (Phi) is 5.78. The molecule has 0 aliphatic heterocycles. The summed E-state index contributed by atoms with van der Waals surface area (Å²) in [7, 11) is -3.63. The third-order valence-corrected chi connectivity index (χ3v) is 6.14. The number of sulfonamides is 1. The van der Waals surface area contributed by atoms with E-state index in [-0.39, 0.29) is 11.4 Å². The lowest BCUT2D eigenvalue weighted by Crippen LogP contribution is -2.27. The van der Waals surface area contributed by atoms with E-state index in [0.717, 1.165) is 22.4 Å². The average molecular weight is 423 g/mol. The lowest BCUT2D eigenvalue weighted by Gasteiger charge is -2.11. The SMILES string of the molecule is CCOc1ccc(S(=O)(=O)NCCn2c(-c3ccncc3)nc3ccccc32)cc1. The quantitative estimate of drug-likeness (QED) is 0.470. The second-order valence-electron chi connectivity index (χ2n) is 6.61. The highest BCUT2D eigenvalue weighted by atomic mass is 32.2. The predicted molar refractivity (Wildman–Crippen MR) is 116 cm³/mol. The van der Waals surface area contributed by atoms with Crippen LogP contribution in [0.1, 0.15) is 6.92 Å². The van der Waals surface area contributed by atoms with Crippen molar-refractivity contribution in [3.63, 3.8) is 0 Å². The molecule has 8 heteroatoms. The lowest BCUT2D eigenvalue weighted by atomic mass is 10.2. The molecule has 0 aliphatic rings. The van der Waals surface area contributed by atoms with Crippen molar-refractivity contribution in [3.8, 4) is 17.1 Å². The summed E-state index contributed by atoms with van der Waals surface area (Å²) in [5.41, 5.74) is 2.74. The highest BCUT2D eigenvalue weighted by molar-refractivity contribution is 7.89. The third-order valence-electron chi connectivity index (χ3n) is 4.67. The molecule has 154 valence electrons. The van der Waals surface area contributed by atoms with Gasteiger partial charge in [0.25, 0.3) is 0 Å². The molecule has 1 N–H and O–H groups in total. The van der Waals surface area contributed by atoms with Crippen LogP contribution in [0, 0.1) is 0 Å². The number of benzene rings is 2. The lowest BCUT2D eigenvalue weighted by molar-refractivity contribution is 0.340.